The molecule has 28 heavy (non-hydrogen) atoms. The highest BCUT2D eigenvalue weighted by molar-refractivity contribution is 6.03. The van der Waals surface area contributed by atoms with Gasteiger partial charge in [-0.3, -0.25) is 4.79 Å². The number of halogens is 3. The second-order valence-corrected chi connectivity index (χ2v) is 5.58. The SMILES string of the molecule is N#Cc1ccccc1Nc1nccc(C(=O)Nc2cccc(C(F)(F)F)c2)n1. The number of amides is 1. The summed E-state index contributed by atoms with van der Waals surface area (Å²) < 4.78 is 38.4. The number of benzene rings is 2. The van der Waals surface area contributed by atoms with Crippen molar-refractivity contribution in [3.8, 4) is 6.07 Å². The van der Waals surface area contributed by atoms with E-state index in [1.807, 2.05) is 6.07 Å². The Morgan fingerprint density at radius 2 is 1.86 bits per heavy atom. The minimum Gasteiger partial charge on any atom is -0.323 e. The second-order valence-electron chi connectivity index (χ2n) is 5.58. The Labute approximate surface area is 157 Å². The molecule has 3 rings (SSSR count). The Hall–Kier alpha value is -3.93. The van der Waals surface area contributed by atoms with Crippen molar-refractivity contribution in [3.63, 3.8) is 0 Å². The van der Waals surface area contributed by atoms with Gasteiger partial charge in [-0.25, -0.2) is 9.97 Å². The van der Waals surface area contributed by atoms with Crippen molar-refractivity contribution in [3.05, 3.63) is 77.6 Å². The van der Waals surface area contributed by atoms with E-state index >= 15 is 0 Å². The number of aromatic nitrogens is 2. The van der Waals surface area contributed by atoms with Gasteiger partial charge in [0.05, 0.1) is 16.8 Å². The van der Waals surface area contributed by atoms with Gasteiger partial charge in [-0.1, -0.05) is 18.2 Å². The van der Waals surface area contributed by atoms with Crippen LogP contribution in [0.2, 0.25) is 0 Å². The van der Waals surface area contributed by atoms with Crippen LogP contribution in [0.3, 0.4) is 0 Å². The van der Waals surface area contributed by atoms with E-state index in [1.54, 1.807) is 24.3 Å². The first kappa shape index (κ1) is 18.8. The van der Waals surface area contributed by atoms with Gasteiger partial charge in [-0.15, -0.1) is 0 Å². The van der Waals surface area contributed by atoms with Crippen LogP contribution >= 0.6 is 0 Å². The highest BCUT2D eigenvalue weighted by atomic mass is 19.4. The van der Waals surface area contributed by atoms with Gasteiger partial charge in [0.25, 0.3) is 5.91 Å². The summed E-state index contributed by atoms with van der Waals surface area (Å²) in [4.78, 5) is 20.4. The van der Waals surface area contributed by atoms with Crippen molar-refractivity contribution in [1.29, 1.82) is 5.26 Å². The third kappa shape index (κ3) is 4.42. The molecule has 6 nitrogen and oxygen atoms in total. The van der Waals surface area contributed by atoms with Crippen molar-refractivity contribution in [2.24, 2.45) is 0 Å². The first-order chi connectivity index (χ1) is 13.4. The number of hydrogen-bond donors (Lipinski definition) is 2. The number of nitrogens with zero attached hydrogens (tertiary/aromatic N) is 3. The monoisotopic (exact) mass is 383 g/mol. The molecular formula is C19H12F3N5O. The number of nitriles is 1. The standard InChI is InChI=1S/C19H12F3N5O/c20-19(21,22)13-5-3-6-14(10-13)25-17(28)16-8-9-24-18(27-16)26-15-7-2-1-4-12(15)11-23/h1-10H,(H,25,28)(H,24,26,27). The summed E-state index contributed by atoms with van der Waals surface area (Å²) in [5, 5.41) is 14.3. The lowest BCUT2D eigenvalue weighted by Crippen LogP contribution is -2.15. The Bertz CT molecular complexity index is 1060. The molecule has 0 unspecified atom stereocenters. The third-order valence-corrected chi connectivity index (χ3v) is 3.63. The number of nitrogens with one attached hydrogen (secondary N) is 2. The summed E-state index contributed by atoms with van der Waals surface area (Å²) in [6, 6.07) is 14.3. The zero-order chi connectivity index (χ0) is 20.1. The predicted molar refractivity (Wildman–Crippen MR) is 95.9 cm³/mol. The van der Waals surface area contributed by atoms with Gasteiger partial charge in [0.2, 0.25) is 5.95 Å². The molecule has 2 N–H and O–H groups in total. The number of para-hydroxylation sites is 1. The molecule has 0 saturated carbocycles. The molecule has 1 heterocycles. The van der Waals surface area contributed by atoms with E-state index in [2.05, 4.69) is 20.6 Å². The van der Waals surface area contributed by atoms with Crippen molar-refractivity contribution in [2.45, 2.75) is 6.18 Å². The fourth-order valence-corrected chi connectivity index (χ4v) is 2.32. The summed E-state index contributed by atoms with van der Waals surface area (Å²) in [5.41, 5.74) is -0.110. The normalized spacial score (nSPS) is 10.8. The molecule has 0 bridgehead atoms. The lowest BCUT2D eigenvalue weighted by molar-refractivity contribution is -0.137. The number of carbonyl (C=O) groups is 1. The van der Waals surface area contributed by atoms with Crippen LogP contribution in [-0.2, 0) is 6.18 Å². The average Bonchev–Trinajstić information content (AvgIpc) is 2.68. The first-order valence-corrected chi connectivity index (χ1v) is 7.94. The summed E-state index contributed by atoms with van der Waals surface area (Å²) in [6.45, 7) is 0. The van der Waals surface area contributed by atoms with Gasteiger partial charge in [0, 0.05) is 11.9 Å². The average molecular weight is 383 g/mol. The van der Waals surface area contributed by atoms with Crippen LogP contribution in [0, 0.1) is 11.3 Å². The molecule has 9 heteroatoms. The van der Waals surface area contributed by atoms with Crippen LogP contribution in [0.25, 0.3) is 0 Å². The molecule has 3 aromatic rings. The lowest BCUT2D eigenvalue weighted by atomic mass is 10.2. The quantitative estimate of drug-likeness (QED) is 0.698. The smallest absolute Gasteiger partial charge is 0.323 e. The summed E-state index contributed by atoms with van der Waals surface area (Å²) >= 11 is 0. The van der Waals surface area contributed by atoms with E-state index in [0.29, 0.717) is 11.3 Å². The topological polar surface area (TPSA) is 90.7 Å². The Morgan fingerprint density at radius 3 is 2.61 bits per heavy atom. The van der Waals surface area contributed by atoms with E-state index in [-0.39, 0.29) is 17.3 Å². The fourth-order valence-electron chi connectivity index (χ4n) is 2.32. The van der Waals surface area contributed by atoms with E-state index in [9.17, 15) is 18.0 Å². The van der Waals surface area contributed by atoms with Gasteiger partial charge < -0.3 is 10.6 Å². The maximum atomic E-state index is 12.8. The molecule has 0 aliphatic rings. The molecule has 0 spiro atoms. The van der Waals surface area contributed by atoms with E-state index in [1.165, 1.54) is 24.4 Å². The summed E-state index contributed by atoms with van der Waals surface area (Å²) in [5.74, 6) is -0.627. The minimum atomic E-state index is -4.51. The zero-order valence-electron chi connectivity index (χ0n) is 14.2. The van der Waals surface area contributed by atoms with E-state index in [4.69, 9.17) is 5.26 Å². The molecule has 0 saturated heterocycles. The van der Waals surface area contributed by atoms with Crippen molar-refractivity contribution in [2.75, 3.05) is 10.6 Å². The van der Waals surface area contributed by atoms with Crippen LogP contribution in [0.1, 0.15) is 21.6 Å². The number of anilines is 3. The van der Waals surface area contributed by atoms with Crippen LogP contribution in [0.5, 0.6) is 0 Å². The molecule has 0 aliphatic carbocycles. The van der Waals surface area contributed by atoms with Crippen molar-refractivity contribution >= 4 is 23.2 Å². The number of alkyl halides is 3. The molecule has 0 atom stereocenters. The van der Waals surface area contributed by atoms with Gasteiger partial charge >= 0.3 is 6.18 Å². The zero-order valence-corrected chi connectivity index (χ0v) is 14.2. The van der Waals surface area contributed by atoms with Crippen molar-refractivity contribution in [1.82, 2.24) is 9.97 Å². The largest absolute Gasteiger partial charge is 0.416 e. The molecule has 1 aromatic heterocycles. The molecule has 1 amide bonds. The predicted octanol–water partition coefficient (Wildman–Crippen LogP) is 4.36. The second kappa shape index (κ2) is 7.75. The van der Waals surface area contributed by atoms with Gasteiger partial charge in [0.15, 0.2) is 0 Å². The number of carbonyl (C=O) groups excluding carboxylic acids is 1. The maximum Gasteiger partial charge on any atom is 0.416 e. The Balaban J connectivity index is 1.79. The molecule has 140 valence electrons. The van der Waals surface area contributed by atoms with E-state index < -0.39 is 17.6 Å². The van der Waals surface area contributed by atoms with E-state index in [0.717, 1.165) is 12.1 Å². The molecule has 0 radical (unpaired) electrons. The summed E-state index contributed by atoms with van der Waals surface area (Å²) in [7, 11) is 0. The van der Waals surface area contributed by atoms with Crippen molar-refractivity contribution < 1.29 is 18.0 Å². The minimum absolute atomic E-state index is 0.0113. The fraction of sp³-hybridized carbons (Fsp3) is 0.0526. The van der Waals surface area contributed by atoms with Gasteiger partial charge in [0.1, 0.15) is 11.8 Å². The molecule has 0 aliphatic heterocycles. The number of hydrogen-bond acceptors (Lipinski definition) is 5. The summed E-state index contributed by atoms with van der Waals surface area (Å²) in [6.07, 6.45) is -3.19. The van der Waals surface area contributed by atoms with Crippen LogP contribution in [-0.4, -0.2) is 15.9 Å². The number of rotatable bonds is 4. The van der Waals surface area contributed by atoms with Crippen LogP contribution in [0.15, 0.2) is 60.8 Å². The highest BCUT2D eigenvalue weighted by Crippen LogP contribution is 2.30. The third-order valence-electron chi connectivity index (χ3n) is 3.63. The first-order valence-electron chi connectivity index (χ1n) is 7.94. The van der Waals surface area contributed by atoms with Gasteiger partial charge in [-0.2, -0.15) is 18.4 Å². The lowest BCUT2D eigenvalue weighted by Gasteiger charge is -2.10. The Kier molecular flexibility index (Phi) is 5.22. The molecular weight excluding hydrogens is 371 g/mol. The maximum absolute atomic E-state index is 12.8. The van der Waals surface area contributed by atoms with Gasteiger partial charge in [-0.05, 0) is 36.4 Å². The van der Waals surface area contributed by atoms with Crippen LogP contribution < -0.4 is 10.6 Å². The molecule has 0 fully saturated rings. The Morgan fingerprint density at radius 1 is 1.07 bits per heavy atom. The van der Waals surface area contributed by atoms with Crippen LogP contribution in [0.4, 0.5) is 30.5 Å². The highest BCUT2D eigenvalue weighted by Gasteiger charge is 2.30. The molecule has 2 aromatic carbocycles.